The third kappa shape index (κ3) is 6.54. The molecule has 1 unspecified atom stereocenters. The third-order valence-corrected chi connectivity index (χ3v) is 2.43. The van der Waals surface area contributed by atoms with Crippen LogP contribution in [0.25, 0.3) is 0 Å². The highest BCUT2D eigenvalue weighted by Gasteiger charge is 2.10. The zero-order valence-electron chi connectivity index (χ0n) is 8.58. The zero-order chi connectivity index (χ0) is 10.3. The maximum absolute atomic E-state index is 10.7. The van der Waals surface area contributed by atoms with Gasteiger partial charge in [-0.25, -0.2) is 4.79 Å². The van der Waals surface area contributed by atoms with Crippen LogP contribution in [0.5, 0.6) is 0 Å². The van der Waals surface area contributed by atoms with Crippen LogP contribution in [0.3, 0.4) is 0 Å². The van der Waals surface area contributed by atoms with Crippen molar-refractivity contribution in [3.8, 4) is 0 Å². The van der Waals surface area contributed by atoms with Crippen molar-refractivity contribution in [2.45, 2.75) is 32.5 Å². The summed E-state index contributed by atoms with van der Waals surface area (Å²) < 4.78 is 10.5. The van der Waals surface area contributed by atoms with Crippen molar-refractivity contribution in [3.63, 3.8) is 0 Å². The van der Waals surface area contributed by atoms with Crippen LogP contribution in [0.4, 0.5) is 0 Å². The van der Waals surface area contributed by atoms with Gasteiger partial charge in [-0.05, 0) is 19.5 Å². The number of esters is 1. The van der Waals surface area contributed by atoms with E-state index in [1.807, 2.05) is 6.92 Å². The summed E-state index contributed by atoms with van der Waals surface area (Å²) in [4.78, 5) is 10.7. The van der Waals surface area contributed by atoms with Gasteiger partial charge in [-0.2, -0.15) is 0 Å². The minimum Gasteiger partial charge on any atom is -0.460 e. The minimum atomic E-state index is -1.04. The third-order valence-electron chi connectivity index (χ3n) is 1.50. The fourth-order valence-electron chi connectivity index (χ4n) is 0.872. The van der Waals surface area contributed by atoms with E-state index < -0.39 is 9.04 Å². The van der Waals surface area contributed by atoms with Crippen molar-refractivity contribution in [2.75, 3.05) is 6.61 Å². The Morgan fingerprint density at radius 2 is 2.23 bits per heavy atom. The molecule has 0 aromatic carbocycles. The Balaban J connectivity index is 3.71. The summed E-state index contributed by atoms with van der Waals surface area (Å²) in [6.07, 6.45) is 2.09. The number of ether oxygens (including phenoxy) is 1. The molecule has 0 aliphatic carbocycles. The molecule has 0 saturated carbocycles. The molecule has 0 aromatic rings. The summed E-state index contributed by atoms with van der Waals surface area (Å²) >= 11 is 0. The molecule has 0 saturated heterocycles. The highest BCUT2D eigenvalue weighted by molar-refractivity contribution is 6.48. The average molecular weight is 202 g/mol. The largest absolute Gasteiger partial charge is 0.460 e. The molecule has 4 heteroatoms. The molecule has 0 rings (SSSR count). The lowest BCUT2D eigenvalue weighted by Gasteiger charge is -2.17. The van der Waals surface area contributed by atoms with E-state index in [0.717, 1.165) is 6.42 Å². The van der Waals surface area contributed by atoms with Crippen molar-refractivity contribution in [2.24, 2.45) is 0 Å². The van der Waals surface area contributed by atoms with E-state index in [9.17, 15) is 4.79 Å². The summed E-state index contributed by atoms with van der Waals surface area (Å²) in [6.45, 7) is 9.87. The van der Waals surface area contributed by atoms with Gasteiger partial charge >= 0.3 is 5.97 Å². The molecule has 0 heterocycles. The van der Waals surface area contributed by atoms with Gasteiger partial charge in [-0.1, -0.05) is 13.5 Å². The molecule has 0 spiro atoms. The minimum absolute atomic E-state index is 0.0515. The van der Waals surface area contributed by atoms with Crippen molar-refractivity contribution in [1.29, 1.82) is 0 Å². The number of hydrogen-bond donors (Lipinski definition) is 0. The second-order valence-electron chi connectivity index (χ2n) is 3.05. The van der Waals surface area contributed by atoms with E-state index in [-0.39, 0.29) is 12.1 Å². The quantitative estimate of drug-likeness (QED) is 0.372. The Morgan fingerprint density at radius 1 is 1.62 bits per heavy atom. The molecule has 0 N–H and O–H groups in total. The fraction of sp³-hybridized carbons (Fsp3) is 0.667. The lowest BCUT2D eigenvalue weighted by Crippen LogP contribution is -2.25. The Bertz CT molecular complexity index is 168. The highest BCUT2D eigenvalue weighted by Crippen LogP contribution is 2.01. The van der Waals surface area contributed by atoms with Gasteiger partial charge in [0.05, 0.1) is 6.10 Å². The van der Waals surface area contributed by atoms with Crippen LogP contribution < -0.4 is 0 Å². The van der Waals surface area contributed by atoms with Crippen LogP contribution in [0.2, 0.25) is 13.1 Å². The fourth-order valence-corrected chi connectivity index (χ4v) is 1.91. The van der Waals surface area contributed by atoms with E-state index in [4.69, 9.17) is 9.16 Å². The molecule has 0 aliphatic rings. The monoisotopic (exact) mass is 202 g/mol. The second kappa shape index (κ2) is 6.86. The summed E-state index contributed by atoms with van der Waals surface area (Å²) in [5.41, 5.74) is 0. The first-order valence-corrected chi connectivity index (χ1v) is 7.32. The Kier molecular flexibility index (Phi) is 6.53. The van der Waals surface area contributed by atoms with Gasteiger partial charge in [0.15, 0.2) is 9.04 Å². The van der Waals surface area contributed by atoms with Gasteiger partial charge in [0.1, 0.15) is 6.61 Å². The lowest BCUT2D eigenvalue weighted by atomic mass is 10.3. The first kappa shape index (κ1) is 12.4. The summed E-state index contributed by atoms with van der Waals surface area (Å²) in [5.74, 6) is -0.382. The normalized spacial score (nSPS) is 12.6. The van der Waals surface area contributed by atoms with Crippen LogP contribution in [0.1, 0.15) is 13.3 Å². The number of carbonyl (C=O) groups is 1. The molecule has 1 atom stereocenters. The molecular formula is C9H18O3Si. The molecule has 3 nitrogen and oxygen atoms in total. The predicted molar refractivity (Wildman–Crippen MR) is 55.2 cm³/mol. The van der Waals surface area contributed by atoms with Gasteiger partial charge in [0.25, 0.3) is 0 Å². The molecule has 76 valence electrons. The van der Waals surface area contributed by atoms with E-state index in [1.54, 1.807) is 0 Å². The summed E-state index contributed by atoms with van der Waals surface area (Å²) in [5, 5.41) is 0. The molecule has 0 aliphatic heterocycles. The maximum Gasteiger partial charge on any atom is 0.330 e. The smallest absolute Gasteiger partial charge is 0.330 e. The molecule has 0 bridgehead atoms. The SMILES string of the molecule is C=CC(=O)OCC(CC)O[SiH](C)C. The molecule has 0 amide bonds. The van der Waals surface area contributed by atoms with Crippen LogP contribution in [-0.4, -0.2) is 27.7 Å². The Hall–Kier alpha value is -0.613. The Morgan fingerprint density at radius 3 is 2.62 bits per heavy atom. The first-order valence-electron chi connectivity index (χ1n) is 4.54. The summed E-state index contributed by atoms with van der Waals surface area (Å²) in [6, 6.07) is 0. The number of rotatable bonds is 6. The van der Waals surface area contributed by atoms with Gasteiger partial charge in [-0.3, -0.25) is 0 Å². The second-order valence-corrected chi connectivity index (χ2v) is 5.42. The molecule has 0 radical (unpaired) electrons. The van der Waals surface area contributed by atoms with Crippen molar-refractivity contribution in [3.05, 3.63) is 12.7 Å². The van der Waals surface area contributed by atoms with E-state index >= 15 is 0 Å². The van der Waals surface area contributed by atoms with Crippen molar-refractivity contribution in [1.82, 2.24) is 0 Å². The number of hydrogen-bond acceptors (Lipinski definition) is 3. The first-order chi connectivity index (χ1) is 6.10. The van der Waals surface area contributed by atoms with E-state index in [1.165, 1.54) is 6.08 Å². The van der Waals surface area contributed by atoms with Crippen LogP contribution in [0, 0.1) is 0 Å². The molecule has 13 heavy (non-hydrogen) atoms. The molecule has 0 aromatic heterocycles. The van der Waals surface area contributed by atoms with Gasteiger partial charge < -0.3 is 9.16 Å². The standard InChI is InChI=1S/C9H18O3Si/c1-5-8(12-13(3)4)7-11-9(10)6-2/h6,8,13H,2,5,7H2,1,3-4H3. The predicted octanol–water partition coefficient (Wildman–Crippen LogP) is 1.49. The Labute approximate surface area is 81.5 Å². The van der Waals surface area contributed by atoms with E-state index in [2.05, 4.69) is 19.7 Å². The summed E-state index contributed by atoms with van der Waals surface area (Å²) in [7, 11) is -1.04. The number of carbonyl (C=O) groups excluding carboxylic acids is 1. The van der Waals surface area contributed by atoms with Gasteiger partial charge in [0.2, 0.25) is 0 Å². The average Bonchev–Trinajstić information content (AvgIpc) is 2.10. The zero-order valence-corrected chi connectivity index (χ0v) is 9.73. The topological polar surface area (TPSA) is 35.5 Å². The van der Waals surface area contributed by atoms with Gasteiger partial charge in [-0.15, -0.1) is 0 Å². The van der Waals surface area contributed by atoms with Gasteiger partial charge in [0, 0.05) is 6.08 Å². The van der Waals surface area contributed by atoms with Crippen LogP contribution in [0.15, 0.2) is 12.7 Å². The highest BCUT2D eigenvalue weighted by atomic mass is 28.3. The molecule has 0 fully saturated rings. The van der Waals surface area contributed by atoms with E-state index in [0.29, 0.717) is 6.61 Å². The molecular weight excluding hydrogens is 184 g/mol. The van der Waals surface area contributed by atoms with Crippen LogP contribution in [-0.2, 0) is 14.0 Å². The van der Waals surface area contributed by atoms with Crippen LogP contribution >= 0.6 is 0 Å². The maximum atomic E-state index is 10.7. The lowest BCUT2D eigenvalue weighted by molar-refractivity contribution is -0.140. The van der Waals surface area contributed by atoms with Crippen molar-refractivity contribution >= 4 is 15.0 Å². The van der Waals surface area contributed by atoms with Crippen molar-refractivity contribution < 1.29 is 14.0 Å².